The van der Waals surface area contributed by atoms with Crippen LogP contribution in [0.15, 0.2) is 36.4 Å². The third-order valence-electron chi connectivity index (χ3n) is 4.85. The number of aliphatic hydroxyl groups is 1. The number of ether oxygens (including phenoxy) is 1. The molecule has 2 aromatic rings. The van der Waals surface area contributed by atoms with Gasteiger partial charge in [0.1, 0.15) is 5.69 Å². The van der Waals surface area contributed by atoms with Gasteiger partial charge in [-0.2, -0.15) is 5.10 Å². The van der Waals surface area contributed by atoms with E-state index in [9.17, 15) is 9.90 Å². The molecule has 140 valence electrons. The molecule has 2 N–H and O–H groups in total. The lowest BCUT2D eigenvalue weighted by Crippen LogP contribution is -2.42. The second-order valence-corrected chi connectivity index (χ2v) is 6.84. The lowest BCUT2D eigenvalue weighted by molar-refractivity contribution is 0.0234. The number of rotatable bonds is 8. The minimum Gasteiger partial charge on any atom is -0.393 e. The van der Waals surface area contributed by atoms with Crippen molar-refractivity contribution in [3.8, 4) is 0 Å². The first-order valence-corrected chi connectivity index (χ1v) is 9.24. The van der Waals surface area contributed by atoms with Crippen LogP contribution >= 0.6 is 0 Å². The minimum absolute atomic E-state index is 0.109. The van der Waals surface area contributed by atoms with Crippen LogP contribution in [0, 0.1) is 12.8 Å². The van der Waals surface area contributed by atoms with E-state index in [0.717, 1.165) is 11.3 Å². The molecule has 1 amide bonds. The average Bonchev–Trinajstić information content (AvgIpc) is 2.99. The number of aromatic nitrogens is 2. The highest BCUT2D eigenvalue weighted by molar-refractivity contribution is 5.93. The van der Waals surface area contributed by atoms with Crippen molar-refractivity contribution in [2.45, 2.75) is 45.4 Å². The molecule has 1 aliphatic carbocycles. The number of nitrogens with zero attached hydrogens (tertiary/aromatic N) is 2. The monoisotopic (exact) mass is 357 g/mol. The Morgan fingerprint density at radius 1 is 1.38 bits per heavy atom. The van der Waals surface area contributed by atoms with Crippen LogP contribution in [0.1, 0.15) is 47.6 Å². The first-order valence-electron chi connectivity index (χ1n) is 9.24. The minimum atomic E-state index is -0.262. The largest absolute Gasteiger partial charge is 0.393 e. The summed E-state index contributed by atoms with van der Waals surface area (Å²) in [4.78, 5) is 12.9. The zero-order valence-corrected chi connectivity index (χ0v) is 15.4. The van der Waals surface area contributed by atoms with Crippen LogP contribution in [-0.2, 0) is 11.3 Å². The summed E-state index contributed by atoms with van der Waals surface area (Å²) in [6.45, 7) is 5.53. The smallest absolute Gasteiger partial charge is 0.270 e. The molecule has 1 aliphatic rings. The van der Waals surface area contributed by atoms with E-state index >= 15 is 0 Å². The van der Waals surface area contributed by atoms with Crippen molar-refractivity contribution in [2.75, 3.05) is 13.2 Å². The molecule has 0 aliphatic heterocycles. The molecule has 1 fully saturated rings. The molecule has 26 heavy (non-hydrogen) atoms. The van der Waals surface area contributed by atoms with Gasteiger partial charge in [-0.25, -0.2) is 0 Å². The molecule has 0 spiro atoms. The summed E-state index contributed by atoms with van der Waals surface area (Å²) in [5, 5.41) is 17.3. The van der Waals surface area contributed by atoms with Crippen LogP contribution in [0.5, 0.6) is 0 Å². The van der Waals surface area contributed by atoms with E-state index in [2.05, 4.69) is 10.4 Å². The molecule has 1 unspecified atom stereocenters. The predicted octanol–water partition coefficient (Wildman–Crippen LogP) is 2.47. The number of hydrogen-bond acceptors (Lipinski definition) is 4. The number of aliphatic hydroxyl groups excluding tert-OH is 1. The van der Waals surface area contributed by atoms with E-state index in [1.54, 1.807) is 10.7 Å². The molecule has 1 saturated carbocycles. The first-order chi connectivity index (χ1) is 12.6. The average molecular weight is 357 g/mol. The first kappa shape index (κ1) is 18.6. The Hall–Kier alpha value is -2.18. The summed E-state index contributed by atoms with van der Waals surface area (Å²) >= 11 is 0. The van der Waals surface area contributed by atoms with E-state index in [1.807, 2.05) is 44.2 Å². The van der Waals surface area contributed by atoms with Gasteiger partial charge < -0.3 is 15.2 Å². The lowest BCUT2D eigenvalue weighted by Gasteiger charge is -2.38. The summed E-state index contributed by atoms with van der Waals surface area (Å²) in [5.74, 6) is 0.106. The molecule has 6 nitrogen and oxygen atoms in total. The Labute approximate surface area is 154 Å². The van der Waals surface area contributed by atoms with Crippen molar-refractivity contribution in [3.63, 3.8) is 0 Å². The summed E-state index contributed by atoms with van der Waals surface area (Å²) in [5.41, 5.74) is 2.42. The van der Waals surface area contributed by atoms with Gasteiger partial charge in [0.25, 0.3) is 5.91 Å². The van der Waals surface area contributed by atoms with E-state index in [4.69, 9.17) is 4.74 Å². The molecule has 1 aromatic carbocycles. The van der Waals surface area contributed by atoms with Crippen molar-refractivity contribution >= 4 is 5.91 Å². The zero-order valence-electron chi connectivity index (χ0n) is 15.4. The lowest BCUT2D eigenvalue weighted by atomic mass is 9.75. The third kappa shape index (κ3) is 4.31. The Kier molecular flexibility index (Phi) is 6.06. The van der Waals surface area contributed by atoms with Gasteiger partial charge in [0.2, 0.25) is 0 Å². The van der Waals surface area contributed by atoms with Crippen LogP contribution in [0.4, 0.5) is 0 Å². The van der Waals surface area contributed by atoms with Gasteiger partial charge in [-0.15, -0.1) is 0 Å². The normalized spacial score (nSPS) is 20.4. The van der Waals surface area contributed by atoms with Crippen molar-refractivity contribution < 1.29 is 14.6 Å². The highest BCUT2D eigenvalue weighted by atomic mass is 16.5. The number of nitrogens with one attached hydrogen (secondary N) is 1. The molecule has 3 rings (SSSR count). The van der Waals surface area contributed by atoms with E-state index in [0.29, 0.717) is 38.3 Å². The second-order valence-electron chi connectivity index (χ2n) is 6.84. The molecule has 6 heteroatoms. The zero-order chi connectivity index (χ0) is 18.5. The van der Waals surface area contributed by atoms with E-state index in [1.165, 1.54) is 0 Å². The molecule has 1 heterocycles. The molecular weight excluding hydrogens is 330 g/mol. The van der Waals surface area contributed by atoms with Gasteiger partial charge in [0, 0.05) is 6.61 Å². The van der Waals surface area contributed by atoms with Gasteiger partial charge in [-0.1, -0.05) is 30.3 Å². The number of hydrogen-bond donors (Lipinski definition) is 2. The molecule has 1 atom stereocenters. The summed E-state index contributed by atoms with van der Waals surface area (Å²) in [7, 11) is 0. The van der Waals surface area contributed by atoms with Crippen molar-refractivity contribution in [1.82, 2.24) is 15.1 Å². The van der Waals surface area contributed by atoms with Crippen LogP contribution in [0.3, 0.4) is 0 Å². The maximum Gasteiger partial charge on any atom is 0.270 e. The summed E-state index contributed by atoms with van der Waals surface area (Å²) in [6.07, 6.45) is 1.16. The topological polar surface area (TPSA) is 76.4 Å². The Morgan fingerprint density at radius 3 is 2.77 bits per heavy atom. The van der Waals surface area contributed by atoms with Crippen LogP contribution in [-0.4, -0.2) is 40.1 Å². The third-order valence-corrected chi connectivity index (χ3v) is 4.85. The molecule has 0 saturated heterocycles. The predicted molar refractivity (Wildman–Crippen MR) is 98.8 cm³/mol. The molecule has 1 aromatic heterocycles. The number of amides is 1. The standard InChI is InChI=1S/C20H27N3O3/c1-3-26-10-9-23-18(11-14(2)22-23)20(25)21-19(16-12-17(24)13-16)15-7-5-4-6-8-15/h4-8,11,16-17,19,24H,3,9-10,12-13H2,1-2H3,(H,21,25). The fraction of sp³-hybridized carbons (Fsp3) is 0.500. The Morgan fingerprint density at radius 2 is 2.12 bits per heavy atom. The highest BCUT2D eigenvalue weighted by Crippen LogP contribution is 2.38. The molecular formula is C20H27N3O3. The van der Waals surface area contributed by atoms with Crippen LogP contribution < -0.4 is 5.32 Å². The Balaban J connectivity index is 1.76. The van der Waals surface area contributed by atoms with Gasteiger partial charge in [0.05, 0.1) is 31.0 Å². The van der Waals surface area contributed by atoms with Gasteiger partial charge >= 0.3 is 0 Å². The fourth-order valence-corrected chi connectivity index (χ4v) is 3.45. The highest BCUT2D eigenvalue weighted by Gasteiger charge is 2.36. The SMILES string of the molecule is CCOCCn1nc(C)cc1C(=O)NC(c1ccccc1)C1CC(O)C1. The maximum absolute atomic E-state index is 12.9. The fourth-order valence-electron chi connectivity index (χ4n) is 3.45. The summed E-state index contributed by atoms with van der Waals surface area (Å²) in [6, 6.07) is 11.6. The van der Waals surface area contributed by atoms with Crippen LogP contribution in [0.25, 0.3) is 0 Å². The number of carbonyl (C=O) groups excluding carboxylic acids is 1. The van der Waals surface area contributed by atoms with Crippen molar-refractivity contribution in [1.29, 1.82) is 0 Å². The van der Waals surface area contributed by atoms with Crippen molar-refractivity contribution in [3.05, 3.63) is 53.3 Å². The molecule has 0 bridgehead atoms. The number of benzene rings is 1. The number of carbonyl (C=O) groups is 1. The molecule has 0 radical (unpaired) electrons. The maximum atomic E-state index is 12.9. The van der Waals surface area contributed by atoms with E-state index < -0.39 is 0 Å². The quantitative estimate of drug-likeness (QED) is 0.712. The van der Waals surface area contributed by atoms with Gasteiger partial charge in [-0.3, -0.25) is 9.48 Å². The number of aryl methyl sites for hydroxylation is 1. The van der Waals surface area contributed by atoms with Crippen LogP contribution in [0.2, 0.25) is 0 Å². The van der Waals surface area contributed by atoms with Gasteiger partial charge in [-0.05, 0) is 44.2 Å². The van der Waals surface area contributed by atoms with E-state index in [-0.39, 0.29) is 24.0 Å². The Bertz CT molecular complexity index is 723. The summed E-state index contributed by atoms with van der Waals surface area (Å²) < 4.78 is 7.09. The van der Waals surface area contributed by atoms with Crippen molar-refractivity contribution in [2.24, 2.45) is 5.92 Å². The second kappa shape index (κ2) is 8.47. The van der Waals surface area contributed by atoms with Gasteiger partial charge in [0.15, 0.2) is 0 Å².